The highest BCUT2D eigenvalue weighted by Crippen LogP contribution is 2.28. The van der Waals surface area contributed by atoms with Gasteiger partial charge in [-0.05, 0) is 18.9 Å². The van der Waals surface area contributed by atoms with Gasteiger partial charge >= 0.3 is 0 Å². The summed E-state index contributed by atoms with van der Waals surface area (Å²) in [5.41, 5.74) is 0.944. The molecule has 23 heavy (non-hydrogen) atoms. The minimum Gasteiger partial charge on any atom is -0.377 e. The Morgan fingerprint density at radius 1 is 1.30 bits per heavy atom. The number of benzene rings is 1. The van der Waals surface area contributed by atoms with Crippen LogP contribution in [0, 0.1) is 0 Å². The van der Waals surface area contributed by atoms with Gasteiger partial charge in [-0.1, -0.05) is 29.8 Å². The highest BCUT2D eigenvalue weighted by molar-refractivity contribution is 6.31. The number of halogens is 1. The standard InChI is InChI=1S/C17H23ClN2O3/c18-15-6-2-1-5-14(15)16-12-20(7-9-23-16)17(21)11-19-10-13-4-3-8-22-13/h1-2,5-6,13,16,19H,3-4,7-12H2/t13-,16+/m0/s1. The molecule has 126 valence electrons. The summed E-state index contributed by atoms with van der Waals surface area (Å²) in [6.45, 7) is 3.63. The Labute approximate surface area is 141 Å². The zero-order valence-electron chi connectivity index (χ0n) is 13.2. The maximum absolute atomic E-state index is 12.4. The second kappa shape index (κ2) is 8.11. The molecule has 5 nitrogen and oxygen atoms in total. The van der Waals surface area contributed by atoms with Crippen LogP contribution in [0.25, 0.3) is 0 Å². The Balaban J connectivity index is 1.49. The van der Waals surface area contributed by atoms with Crippen molar-refractivity contribution >= 4 is 17.5 Å². The van der Waals surface area contributed by atoms with Gasteiger partial charge in [0.2, 0.25) is 5.91 Å². The van der Waals surface area contributed by atoms with E-state index >= 15 is 0 Å². The summed E-state index contributed by atoms with van der Waals surface area (Å²) in [7, 11) is 0. The normalized spacial score (nSPS) is 24.8. The highest BCUT2D eigenvalue weighted by Gasteiger charge is 2.26. The summed E-state index contributed by atoms with van der Waals surface area (Å²) < 4.78 is 11.3. The summed E-state index contributed by atoms with van der Waals surface area (Å²) in [4.78, 5) is 14.2. The average molecular weight is 339 g/mol. The van der Waals surface area contributed by atoms with Crippen LogP contribution in [0.3, 0.4) is 0 Å². The Morgan fingerprint density at radius 3 is 2.96 bits per heavy atom. The first-order chi connectivity index (χ1) is 11.2. The number of hydrogen-bond acceptors (Lipinski definition) is 4. The van der Waals surface area contributed by atoms with Gasteiger partial charge in [0, 0.05) is 30.3 Å². The van der Waals surface area contributed by atoms with E-state index in [0.29, 0.717) is 31.3 Å². The molecule has 2 heterocycles. The predicted molar refractivity (Wildman–Crippen MR) is 88.6 cm³/mol. The van der Waals surface area contributed by atoms with Crippen molar-refractivity contribution in [1.82, 2.24) is 10.2 Å². The van der Waals surface area contributed by atoms with E-state index in [1.807, 2.05) is 29.2 Å². The van der Waals surface area contributed by atoms with Crippen molar-refractivity contribution in [2.24, 2.45) is 0 Å². The fourth-order valence-electron chi connectivity index (χ4n) is 3.06. The molecule has 1 N–H and O–H groups in total. The minimum atomic E-state index is -0.153. The van der Waals surface area contributed by atoms with Crippen molar-refractivity contribution in [2.75, 3.05) is 39.4 Å². The van der Waals surface area contributed by atoms with Gasteiger partial charge in [-0.3, -0.25) is 4.79 Å². The first-order valence-electron chi connectivity index (χ1n) is 8.20. The van der Waals surface area contributed by atoms with Crippen molar-refractivity contribution < 1.29 is 14.3 Å². The summed E-state index contributed by atoms with van der Waals surface area (Å²) in [6, 6.07) is 7.64. The lowest BCUT2D eigenvalue weighted by atomic mass is 10.1. The zero-order chi connectivity index (χ0) is 16.1. The molecule has 1 aromatic rings. The van der Waals surface area contributed by atoms with E-state index in [-0.39, 0.29) is 18.1 Å². The minimum absolute atomic E-state index is 0.100. The molecular formula is C17H23ClN2O3. The lowest BCUT2D eigenvalue weighted by Crippen LogP contribution is -2.46. The molecule has 2 atom stereocenters. The van der Waals surface area contributed by atoms with E-state index in [4.69, 9.17) is 21.1 Å². The van der Waals surface area contributed by atoms with Crippen LogP contribution in [0.4, 0.5) is 0 Å². The first-order valence-corrected chi connectivity index (χ1v) is 8.58. The van der Waals surface area contributed by atoms with Crippen molar-refractivity contribution in [3.63, 3.8) is 0 Å². The highest BCUT2D eigenvalue weighted by atomic mass is 35.5. The molecule has 0 spiro atoms. The summed E-state index contributed by atoms with van der Waals surface area (Å²) in [5, 5.41) is 3.89. The number of carbonyl (C=O) groups is 1. The van der Waals surface area contributed by atoms with E-state index in [2.05, 4.69) is 5.32 Å². The van der Waals surface area contributed by atoms with Crippen LogP contribution in [-0.4, -0.2) is 56.3 Å². The number of amides is 1. The van der Waals surface area contributed by atoms with Crippen LogP contribution >= 0.6 is 11.6 Å². The number of morpholine rings is 1. The van der Waals surface area contributed by atoms with Gasteiger partial charge in [-0.2, -0.15) is 0 Å². The molecule has 0 saturated carbocycles. The summed E-state index contributed by atoms with van der Waals surface area (Å²) >= 11 is 6.23. The van der Waals surface area contributed by atoms with Crippen molar-refractivity contribution in [1.29, 1.82) is 0 Å². The molecule has 0 radical (unpaired) electrons. The molecule has 0 aromatic heterocycles. The van der Waals surface area contributed by atoms with Gasteiger partial charge in [-0.25, -0.2) is 0 Å². The molecule has 6 heteroatoms. The van der Waals surface area contributed by atoms with Gasteiger partial charge in [0.1, 0.15) is 6.10 Å². The topological polar surface area (TPSA) is 50.8 Å². The van der Waals surface area contributed by atoms with Gasteiger partial charge in [0.05, 0.1) is 25.8 Å². The number of carbonyl (C=O) groups excluding carboxylic acids is 1. The SMILES string of the molecule is O=C(CNC[C@@H]1CCCO1)N1CCO[C@@H](c2ccccc2Cl)C1. The predicted octanol–water partition coefficient (Wildman–Crippen LogP) is 2.01. The van der Waals surface area contributed by atoms with E-state index in [0.717, 1.165) is 31.6 Å². The van der Waals surface area contributed by atoms with Crippen LogP contribution in [0.15, 0.2) is 24.3 Å². The van der Waals surface area contributed by atoms with Crippen LogP contribution in [0.2, 0.25) is 5.02 Å². The number of hydrogen-bond donors (Lipinski definition) is 1. The zero-order valence-corrected chi connectivity index (χ0v) is 13.9. The fourth-order valence-corrected chi connectivity index (χ4v) is 3.31. The monoisotopic (exact) mass is 338 g/mol. The van der Waals surface area contributed by atoms with Gasteiger partial charge in [0.25, 0.3) is 0 Å². The summed E-state index contributed by atoms with van der Waals surface area (Å²) in [6.07, 6.45) is 2.29. The van der Waals surface area contributed by atoms with E-state index in [1.54, 1.807) is 0 Å². The smallest absolute Gasteiger partial charge is 0.236 e. The van der Waals surface area contributed by atoms with Crippen LogP contribution < -0.4 is 5.32 Å². The molecule has 2 saturated heterocycles. The second-order valence-electron chi connectivity index (χ2n) is 5.99. The molecule has 0 unspecified atom stereocenters. The third kappa shape index (κ3) is 4.44. The van der Waals surface area contributed by atoms with Crippen molar-refractivity contribution in [3.8, 4) is 0 Å². The van der Waals surface area contributed by atoms with Crippen LogP contribution in [0.1, 0.15) is 24.5 Å². The third-order valence-corrected chi connectivity index (χ3v) is 4.69. The molecule has 3 rings (SSSR count). The van der Waals surface area contributed by atoms with Crippen molar-refractivity contribution in [2.45, 2.75) is 25.0 Å². The Bertz CT molecular complexity index is 534. The third-order valence-electron chi connectivity index (χ3n) is 4.34. The Hall–Kier alpha value is -1.14. The van der Waals surface area contributed by atoms with Gasteiger partial charge in [-0.15, -0.1) is 0 Å². The molecule has 2 fully saturated rings. The first kappa shape index (κ1) is 16.7. The number of rotatable bonds is 5. The largest absolute Gasteiger partial charge is 0.377 e. The lowest BCUT2D eigenvalue weighted by molar-refractivity contribution is -0.138. The fraction of sp³-hybridized carbons (Fsp3) is 0.588. The number of nitrogens with one attached hydrogen (secondary N) is 1. The maximum Gasteiger partial charge on any atom is 0.236 e. The lowest BCUT2D eigenvalue weighted by Gasteiger charge is -2.33. The quantitative estimate of drug-likeness (QED) is 0.892. The van der Waals surface area contributed by atoms with Crippen molar-refractivity contribution in [3.05, 3.63) is 34.9 Å². The van der Waals surface area contributed by atoms with E-state index in [1.165, 1.54) is 0 Å². The summed E-state index contributed by atoms with van der Waals surface area (Å²) in [5.74, 6) is 0.100. The molecule has 0 bridgehead atoms. The molecule has 1 aromatic carbocycles. The van der Waals surface area contributed by atoms with Crippen LogP contribution in [-0.2, 0) is 14.3 Å². The number of ether oxygens (including phenoxy) is 2. The second-order valence-corrected chi connectivity index (χ2v) is 6.39. The molecule has 2 aliphatic heterocycles. The van der Waals surface area contributed by atoms with E-state index in [9.17, 15) is 4.79 Å². The van der Waals surface area contributed by atoms with Crippen LogP contribution in [0.5, 0.6) is 0 Å². The molecule has 1 amide bonds. The van der Waals surface area contributed by atoms with Gasteiger partial charge < -0.3 is 19.7 Å². The Kier molecular flexibility index (Phi) is 5.89. The average Bonchev–Trinajstić information content (AvgIpc) is 3.09. The molecular weight excluding hydrogens is 316 g/mol. The Morgan fingerprint density at radius 2 is 2.17 bits per heavy atom. The van der Waals surface area contributed by atoms with Gasteiger partial charge in [0.15, 0.2) is 0 Å². The maximum atomic E-state index is 12.4. The van der Waals surface area contributed by atoms with E-state index < -0.39 is 0 Å². The molecule has 0 aliphatic carbocycles. The molecule has 2 aliphatic rings. The number of nitrogens with zero attached hydrogens (tertiary/aromatic N) is 1.